The molecule has 4 unspecified atom stereocenters. The number of carboxylic acids is 7. The zero-order chi connectivity index (χ0) is 90.0. The zero-order valence-corrected chi connectivity index (χ0v) is 70.8. The lowest BCUT2D eigenvalue weighted by molar-refractivity contribution is -0.397. The minimum absolute atomic E-state index is 0.148. The highest BCUT2D eigenvalue weighted by Gasteiger charge is 2.61. The minimum Gasteiger partial charge on any atom is -0.481 e. The van der Waals surface area contributed by atoms with Crippen LogP contribution in [0.25, 0.3) is 0 Å². The summed E-state index contributed by atoms with van der Waals surface area (Å²) in [5.74, 6) is -12.4. The fourth-order valence-electron chi connectivity index (χ4n) is 14.3. The molecule has 30 rings (SSSR count). The van der Waals surface area contributed by atoms with Gasteiger partial charge in [-0.15, -0.1) is 0 Å². The number of ether oxygens (including phenoxy) is 16. The van der Waals surface area contributed by atoms with Crippen molar-refractivity contribution in [3.63, 3.8) is 0 Å². The quantitative estimate of drug-likeness (QED) is 0.0259. The van der Waals surface area contributed by atoms with Crippen molar-refractivity contribution in [3.05, 3.63) is 0 Å². The van der Waals surface area contributed by atoms with E-state index >= 15 is 0 Å². The molecule has 123 heavy (non-hydrogen) atoms. The zero-order valence-electron chi connectivity index (χ0n) is 65.1. The summed E-state index contributed by atoms with van der Waals surface area (Å²) in [5, 5.41) is 271. The first-order valence-corrected chi connectivity index (χ1v) is 47.0. The molecule has 0 aromatic carbocycles. The van der Waals surface area contributed by atoms with Crippen LogP contribution in [-0.4, -0.2) is 497 Å². The molecule has 40 atom stereocenters. The van der Waals surface area contributed by atoms with Crippen LogP contribution in [0.15, 0.2) is 0 Å². The van der Waals surface area contributed by atoms with Crippen molar-refractivity contribution >= 4 is 124 Å². The first kappa shape index (κ1) is 104. The minimum atomic E-state index is -2.33. The van der Waals surface area contributed by atoms with E-state index in [1.807, 2.05) is 0 Å². The normalized spacial score (nSPS) is 42.7. The number of hydrogen-bond acceptors (Lipinski definition) is 47. The van der Waals surface area contributed by atoms with E-state index in [0.717, 1.165) is 82.3 Å². The second kappa shape index (κ2) is 49.8. The summed E-state index contributed by atoms with van der Waals surface area (Å²) in [7, 11) is 0. The van der Waals surface area contributed by atoms with Crippen molar-refractivity contribution in [2.75, 3.05) is 87.1 Å². The molecule has 30 saturated heterocycles. The van der Waals surface area contributed by atoms with Gasteiger partial charge in [0.05, 0.1) is 94.3 Å². The van der Waals surface area contributed by atoms with E-state index in [4.69, 9.17) is 75.8 Å². The van der Waals surface area contributed by atoms with E-state index in [1.165, 1.54) is 0 Å². The number of thioether (sulfide) groups is 7. The van der Waals surface area contributed by atoms with Crippen LogP contribution < -0.4 is 0 Å². The maximum Gasteiger partial charge on any atom is 0.304 e. The van der Waals surface area contributed by atoms with Crippen LogP contribution in [-0.2, 0) is 109 Å². The molecule has 47 nitrogen and oxygen atoms in total. The fourth-order valence-corrected chi connectivity index (χ4v) is 21.2. The van der Waals surface area contributed by atoms with Gasteiger partial charge in [-0.2, -0.15) is 82.3 Å². The van der Waals surface area contributed by atoms with Crippen LogP contribution in [0.1, 0.15) is 44.9 Å². The Morgan fingerprint density at radius 3 is 0.407 bits per heavy atom. The lowest BCUT2D eigenvalue weighted by Crippen LogP contribution is -2.69. The summed E-state index contributed by atoms with van der Waals surface area (Å²) in [4.78, 5) is 82.2. The average Bonchev–Trinajstić information content (AvgIpc) is 0.770. The van der Waals surface area contributed by atoms with Gasteiger partial charge in [-0.25, -0.2) is 0 Å². The topological polar surface area (TPSA) is 753 Å². The van der Waals surface area contributed by atoms with Crippen LogP contribution >= 0.6 is 82.3 Å². The fraction of sp³-hybridized carbons (Fsp3) is 0.899. The lowest BCUT2D eigenvalue weighted by atomic mass is 9.95. The summed E-state index contributed by atoms with van der Waals surface area (Å²) in [6.07, 6.45) is -85.4. The third-order valence-corrected chi connectivity index (χ3v) is 28.2. The Hall–Kier alpha value is -2.58. The van der Waals surface area contributed by atoms with Gasteiger partial charge in [-0.3, -0.25) is 33.6 Å². The molecular formula is C69H108O47S7. The Bertz CT molecular complexity index is 3160. The number of aliphatic carboxylic acids is 7. The van der Waals surface area contributed by atoms with Gasteiger partial charge in [0.25, 0.3) is 0 Å². The highest BCUT2D eigenvalue weighted by Crippen LogP contribution is 2.43. The van der Waals surface area contributed by atoms with E-state index in [2.05, 4.69) is 0 Å². The highest BCUT2D eigenvalue weighted by molar-refractivity contribution is 8.00. The molecule has 708 valence electrons. The molecule has 30 heterocycles. The van der Waals surface area contributed by atoms with Crippen LogP contribution in [0.4, 0.5) is 0 Å². The molecule has 0 saturated carbocycles. The van der Waals surface area contributed by atoms with Crippen molar-refractivity contribution in [2.45, 2.75) is 291 Å². The standard InChI is InChI=1S/C69H108O47S7/c70-15-23-54-38(85)46(93)62(101-23)110-55-24(16-117-8-1-31(71)72)103-64(48(95)40(55)87)112-57-26(18-119-10-3-33(75)76)105-66(50(97)42(57)89)114-59-28(20-121-12-5-35(79)80)107-68(52(99)44(59)91)116-61-30(22-123-14-7-37(83)84)108-69(53(100)45(61)92)115-60-29(21-122-13-6-36(81)82)106-67(51(98)43(60)90)113-58-27(19-120-11-4-34(77)78)104-65(49(96)41(58)88)111-56-25(17-118-9-2-32(73)74)102-63(109-54)47(94)39(56)86/h23-30,38-70,85-100H,1-22H2,(H,71,72)(H,73,74)(H,75,76)(H,77,78)(H,79,80)(H,81,82)(H,83,84)/t23-,24-,25-,26-,27-,28-,29-,30-,38-,39-,40-,41-,42-,43-,44-,45-,46-,47-,48-,49-,50-,51-,52-,53-,54-,55?,56?,57-,58-,59?,60?,61-,62-,63-,64-,65-,66-,67-,68-,69-/m1/s1. The molecule has 30 fully saturated rings. The Morgan fingerprint density at radius 1 is 0.179 bits per heavy atom. The molecule has 0 aliphatic carbocycles. The summed E-state index contributed by atoms with van der Waals surface area (Å²) >= 11 is 6.18. The van der Waals surface area contributed by atoms with Crippen molar-refractivity contribution < 1.29 is 232 Å². The van der Waals surface area contributed by atoms with Gasteiger partial charge in [0.1, 0.15) is 153 Å². The molecule has 30 aliphatic rings. The van der Waals surface area contributed by atoms with Crippen molar-refractivity contribution in [3.8, 4) is 0 Å². The van der Waals surface area contributed by atoms with Crippen LogP contribution in [0, 0.1) is 0 Å². The number of hydrogen-bond donors (Lipinski definition) is 24. The molecule has 54 heteroatoms. The average molecular weight is 1910 g/mol. The van der Waals surface area contributed by atoms with Crippen molar-refractivity contribution in [2.24, 2.45) is 0 Å². The third-order valence-electron chi connectivity index (χ3n) is 20.8. The molecule has 30 aliphatic heterocycles. The molecule has 16 bridgehead atoms. The monoisotopic (exact) mass is 1910 g/mol. The molecule has 24 N–H and O–H groups in total. The number of carboxylic acid groups (broad SMARTS) is 7. The van der Waals surface area contributed by atoms with Crippen molar-refractivity contribution in [1.82, 2.24) is 0 Å². The van der Waals surface area contributed by atoms with E-state index in [0.29, 0.717) is 0 Å². The maximum absolute atomic E-state index is 12.3. The van der Waals surface area contributed by atoms with Crippen LogP contribution in [0.3, 0.4) is 0 Å². The molecule has 0 amide bonds. The highest BCUT2D eigenvalue weighted by atomic mass is 32.2. The summed E-state index contributed by atoms with van der Waals surface area (Å²) in [5.41, 5.74) is 0. The molecular weight excluding hydrogens is 1810 g/mol. The number of carbonyl (C=O) groups is 7. The largest absolute Gasteiger partial charge is 0.481 e. The molecule has 0 aromatic heterocycles. The smallest absolute Gasteiger partial charge is 0.304 e. The van der Waals surface area contributed by atoms with Crippen LogP contribution in [0.5, 0.6) is 0 Å². The van der Waals surface area contributed by atoms with Gasteiger partial charge in [0.15, 0.2) is 50.3 Å². The SMILES string of the molecule is O=C(O)CCSC[C@H]1O[C@@H]2O[C@H]3[C@H](O)[C@@H](O)[C@@H](OC4[C@@H](CSCCC(=O)O)O[C@H](O[C@H]5[C@H](O)[C@@H](O)[C@@H](OC6[C@@H](CSCCC(=O)O)O[C@H](O[C@H]7[C@H](O)[C@@H](O)[C@@H](OC8[C@@H](CSCCC(=O)O)O[C@H](O[C@H]9[C@H](O)[C@@H](O)[C@@H](OC1[C@H](O)[C@H]2O)O[C@@H]9CO)[C@H](O)[C@H]8O)O[C@@H]7CSCCC(=O)O)[C@H](O)[C@H]6O)O[C@@H]5CSCCC(=O)O)[C@H](O)[C@H]4O)O[C@@H]3CSCCC(=O)O. The van der Waals surface area contributed by atoms with Gasteiger partial charge in [-0.1, -0.05) is 0 Å². The third kappa shape index (κ3) is 28.5. The van der Waals surface area contributed by atoms with Crippen molar-refractivity contribution in [1.29, 1.82) is 0 Å². The second-order valence-corrected chi connectivity index (χ2v) is 37.8. The Morgan fingerprint density at radius 2 is 0.293 bits per heavy atom. The Labute approximate surface area is 729 Å². The predicted molar refractivity (Wildman–Crippen MR) is 419 cm³/mol. The van der Waals surface area contributed by atoms with Crippen LogP contribution in [0.2, 0.25) is 0 Å². The second-order valence-electron chi connectivity index (χ2n) is 29.7. The van der Waals surface area contributed by atoms with Gasteiger partial charge < -0.3 is 198 Å². The van der Waals surface area contributed by atoms with E-state index < -0.39 is 339 Å². The summed E-state index contributed by atoms with van der Waals surface area (Å²) < 4.78 is 99.1. The number of aliphatic hydroxyl groups is 17. The Balaban J connectivity index is 1.10. The van der Waals surface area contributed by atoms with Gasteiger partial charge in [-0.05, 0) is 0 Å². The van der Waals surface area contributed by atoms with Gasteiger partial charge >= 0.3 is 41.8 Å². The predicted octanol–water partition coefficient (Wildman–Crippen LogP) is -8.90. The lowest BCUT2D eigenvalue weighted by Gasteiger charge is -2.51. The summed E-state index contributed by atoms with van der Waals surface area (Å²) in [6, 6.07) is 0. The number of aliphatic hydroxyl groups excluding tert-OH is 17. The summed E-state index contributed by atoms with van der Waals surface area (Å²) in [6.45, 7) is -1.14. The molecule has 0 spiro atoms. The van der Waals surface area contributed by atoms with Gasteiger partial charge in [0.2, 0.25) is 0 Å². The van der Waals surface area contributed by atoms with E-state index in [1.54, 1.807) is 0 Å². The van der Waals surface area contributed by atoms with Gasteiger partial charge in [0, 0.05) is 80.5 Å². The first-order valence-electron chi connectivity index (χ1n) is 38.9. The molecule has 0 radical (unpaired) electrons. The number of rotatable bonds is 36. The maximum atomic E-state index is 12.3. The molecule has 0 aromatic rings. The van der Waals surface area contributed by atoms with E-state index in [9.17, 15) is 156 Å². The van der Waals surface area contributed by atoms with E-state index in [-0.39, 0.29) is 80.5 Å². The Kier molecular flexibility index (Phi) is 42.1. The first-order chi connectivity index (χ1) is 58.4.